The number of carbonyl (C=O) groups is 3. The third-order valence-electron chi connectivity index (χ3n) is 5.16. The third-order valence-corrected chi connectivity index (χ3v) is 5.16. The molecule has 2 amide bonds. The lowest BCUT2D eigenvalue weighted by Crippen LogP contribution is -2.39. The highest BCUT2D eigenvalue weighted by Crippen LogP contribution is 2.23. The van der Waals surface area contributed by atoms with Crippen molar-refractivity contribution in [2.75, 3.05) is 26.2 Å². The van der Waals surface area contributed by atoms with E-state index in [9.17, 15) is 14.4 Å². The Morgan fingerprint density at radius 1 is 1.04 bits per heavy atom. The molecule has 0 atom stereocenters. The second-order valence-corrected chi connectivity index (χ2v) is 6.72. The van der Waals surface area contributed by atoms with Crippen molar-refractivity contribution in [3.8, 4) is 0 Å². The van der Waals surface area contributed by atoms with Gasteiger partial charge in [-0.2, -0.15) is 0 Å². The van der Waals surface area contributed by atoms with Crippen LogP contribution in [0.15, 0.2) is 24.3 Å². The van der Waals surface area contributed by atoms with Gasteiger partial charge in [0.05, 0.1) is 5.56 Å². The summed E-state index contributed by atoms with van der Waals surface area (Å²) < 4.78 is 0. The molecule has 0 aromatic heterocycles. The number of carboxylic acids is 1. The van der Waals surface area contributed by atoms with E-state index in [0.717, 1.165) is 32.4 Å². The van der Waals surface area contributed by atoms with E-state index in [4.69, 9.17) is 5.11 Å². The number of hydrogen-bond acceptors (Lipinski definition) is 3. The second-order valence-electron chi connectivity index (χ2n) is 6.72. The first-order valence-corrected chi connectivity index (χ1v) is 9.36. The number of piperidine rings is 1. The van der Waals surface area contributed by atoms with E-state index >= 15 is 0 Å². The molecule has 1 aromatic rings. The van der Waals surface area contributed by atoms with Crippen molar-refractivity contribution in [3.05, 3.63) is 35.4 Å². The van der Waals surface area contributed by atoms with E-state index in [1.807, 2.05) is 23.6 Å². The first-order chi connectivity index (χ1) is 12.5. The molecule has 6 nitrogen and oxygen atoms in total. The van der Waals surface area contributed by atoms with Crippen molar-refractivity contribution < 1.29 is 19.5 Å². The average molecular weight is 360 g/mol. The van der Waals surface area contributed by atoms with Gasteiger partial charge in [0.2, 0.25) is 5.91 Å². The molecule has 1 fully saturated rings. The largest absolute Gasteiger partial charge is 0.478 e. The molecule has 6 heteroatoms. The fourth-order valence-corrected chi connectivity index (χ4v) is 3.42. The number of hydrogen-bond donors (Lipinski definition) is 1. The van der Waals surface area contributed by atoms with Crippen LogP contribution in [0.3, 0.4) is 0 Å². The molecule has 0 unspecified atom stereocenters. The Balaban J connectivity index is 1.81. The number of aromatic carboxylic acids is 1. The molecule has 1 aliphatic rings. The number of amides is 2. The van der Waals surface area contributed by atoms with Gasteiger partial charge in [0.1, 0.15) is 0 Å². The maximum atomic E-state index is 12.5. The lowest BCUT2D eigenvalue weighted by Gasteiger charge is -2.32. The van der Waals surface area contributed by atoms with E-state index < -0.39 is 5.97 Å². The lowest BCUT2D eigenvalue weighted by molar-refractivity contribution is -0.131. The number of carboxylic acid groups (broad SMARTS) is 1. The highest BCUT2D eigenvalue weighted by Gasteiger charge is 2.24. The lowest BCUT2D eigenvalue weighted by atomic mass is 9.91. The van der Waals surface area contributed by atoms with Gasteiger partial charge < -0.3 is 14.9 Å². The van der Waals surface area contributed by atoms with Crippen LogP contribution in [-0.4, -0.2) is 58.9 Å². The fraction of sp³-hybridized carbons (Fsp3) is 0.550. The Bertz CT molecular complexity index is 630. The molecule has 0 radical (unpaired) electrons. The summed E-state index contributed by atoms with van der Waals surface area (Å²) in [7, 11) is 0. The Labute approximate surface area is 154 Å². The minimum atomic E-state index is -0.996. The SMILES string of the molecule is CCN(CC)C(=O)CCC1CCN(C(=O)c2ccc(C(=O)O)cc2)CC1. The Kier molecular flexibility index (Phi) is 7.18. The molecule has 2 rings (SSSR count). The Hall–Kier alpha value is -2.37. The summed E-state index contributed by atoms with van der Waals surface area (Å²) >= 11 is 0. The summed E-state index contributed by atoms with van der Waals surface area (Å²) in [5.74, 6) is -0.358. The standard InChI is InChI=1S/C20H28N2O4/c1-3-21(4-2)18(23)10-5-15-11-13-22(14-12-15)19(24)16-6-8-17(9-7-16)20(25)26/h6-9,15H,3-5,10-14H2,1-2H3,(H,25,26). The number of rotatable bonds is 7. The summed E-state index contributed by atoms with van der Waals surface area (Å²) in [5, 5.41) is 8.93. The zero-order chi connectivity index (χ0) is 19.1. The summed E-state index contributed by atoms with van der Waals surface area (Å²) in [5.41, 5.74) is 0.697. The number of likely N-dealkylation sites (tertiary alicyclic amines) is 1. The minimum absolute atomic E-state index is 0.0559. The average Bonchev–Trinajstić information content (AvgIpc) is 2.67. The predicted octanol–water partition coefficient (Wildman–Crippen LogP) is 2.89. The minimum Gasteiger partial charge on any atom is -0.478 e. The normalized spacial score (nSPS) is 14.9. The van der Waals surface area contributed by atoms with E-state index in [1.165, 1.54) is 12.1 Å². The van der Waals surface area contributed by atoms with E-state index in [-0.39, 0.29) is 17.4 Å². The zero-order valence-electron chi connectivity index (χ0n) is 15.6. The van der Waals surface area contributed by atoms with Crippen molar-refractivity contribution >= 4 is 17.8 Å². The fourth-order valence-electron chi connectivity index (χ4n) is 3.42. The summed E-state index contributed by atoms with van der Waals surface area (Å²) in [6.45, 7) is 6.86. The first kappa shape index (κ1) is 19.9. The van der Waals surface area contributed by atoms with Crippen molar-refractivity contribution in [1.82, 2.24) is 9.80 Å². The molecule has 0 spiro atoms. The maximum Gasteiger partial charge on any atom is 0.335 e. The van der Waals surface area contributed by atoms with Gasteiger partial charge in [-0.25, -0.2) is 4.79 Å². The number of carbonyl (C=O) groups excluding carboxylic acids is 2. The maximum absolute atomic E-state index is 12.5. The molecule has 1 heterocycles. The summed E-state index contributed by atoms with van der Waals surface area (Å²) in [4.78, 5) is 39.2. The highest BCUT2D eigenvalue weighted by molar-refractivity contribution is 5.96. The molecule has 0 aliphatic carbocycles. The van der Waals surface area contributed by atoms with Gasteiger partial charge in [-0.3, -0.25) is 9.59 Å². The monoisotopic (exact) mass is 360 g/mol. The number of nitrogens with zero attached hydrogens (tertiary/aromatic N) is 2. The molecular formula is C20H28N2O4. The quantitative estimate of drug-likeness (QED) is 0.811. The molecule has 1 aromatic carbocycles. The van der Waals surface area contributed by atoms with Crippen LogP contribution in [0, 0.1) is 5.92 Å². The predicted molar refractivity (Wildman–Crippen MR) is 99.2 cm³/mol. The van der Waals surface area contributed by atoms with E-state index in [1.54, 1.807) is 12.1 Å². The molecule has 142 valence electrons. The van der Waals surface area contributed by atoms with Crippen LogP contribution >= 0.6 is 0 Å². The molecule has 26 heavy (non-hydrogen) atoms. The topological polar surface area (TPSA) is 77.9 Å². The van der Waals surface area contributed by atoms with Gasteiger partial charge in [-0.15, -0.1) is 0 Å². The van der Waals surface area contributed by atoms with Crippen LogP contribution in [0.5, 0.6) is 0 Å². The van der Waals surface area contributed by atoms with Crippen LogP contribution in [-0.2, 0) is 4.79 Å². The molecule has 0 bridgehead atoms. The zero-order valence-corrected chi connectivity index (χ0v) is 15.6. The number of benzene rings is 1. The first-order valence-electron chi connectivity index (χ1n) is 9.36. The van der Waals surface area contributed by atoms with Gasteiger partial charge in [0, 0.05) is 38.2 Å². The van der Waals surface area contributed by atoms with Crippen LogP contribution in [0.2, 0.25) is 0 Å². The van der Waals surface area contributed by atoms with Gasteiger partial charge in [-0.05, 0) is 63.3 Å². The molecule has 1 saturated heterocycles. The van der Waals surface area contributed by atoms with Gasteiger partial charge in [0.15, 0.2) is 0 Å². The molecule has 1 aliphatic heterocycles. The second kappa shape index (κ2) is 9.36. The molecule has 0 saturated carbocycles. The smallest absolute Gasteiger partial charge is 0.335 e. The Morgan fingerprint density at radius 2 is 1.58 bits per heavy atom. The van der Waals surface area contributed by atoms with Crippen molar-refractivity contribution in [2.45, 2.75) is 39.5 Å². The molecular weight excluding hydrogens is 332 g/mol. The van der Waals surface area contributed by atoms with E-state index in [2.05, 4.69) is 0 Å². The van der Waals surface area contributed by atoms with Crippen molar-refractivity contribution in [3.63, 3.8) is 0 Å². The van der Waals surface area contributed by atoms with Crippen molar-refractivity contribution in [2.24, 2.45) is 5.92 Å². The third kappa shape index (κ3) is 5.07. The van der Waals surface area contributed by atoms with E-state index in [0.29, 0.717) is 31.0 Å². The van der Waals surface area contributed by atoms with Crippen molar-refractivity contribution in [1.29, 1.82) is 0 Å². The Morgan fingerprint density at radius 3 is 2.08 bits per heavy atom. The van der Waals surface area contributed by atoms with Gasteiger partial charge in [0.25, 0.3) is 5.91 Å². The molecule has 1 N–H and O–H groups in total. The van der Waals surface area contributed by atoms with Crippen LogP contribution in [0.25, 0.3) is 0 Å². The van der Waals surface area contributed by atoms with Crippen LogP contribution < -0.4 is 0 Å². The van der Waals surface area contributed by atoms with Gasteiger partial charge in [-0.1, -0.05) is 0 Å². The summed E-state index contributed by atoms with van der Waals surface area (Å²) in [6.07, 6.45) is 3.27. The van der Waals surface area contributed by atoms with Gasteiger partial charge >= 0.3 is 5.97 Å². The van der Waals surface area contributed by atoms with Crippen LogP contribution in [0.4, 0.5) is 0 Å². The van der Waals surface area contributed by atoms with Crippen LogP contribution in [0.1, 0.15) is 60.2 Å². The summed E-state index contributed by atoms with van der Waals surface area (Å²) in [6, 6.07) is 6.06. The highest BCUT2D eigenvalue weighted by atomic mass is 16.4.